The molecular weight excluding hydrogens is 364 g/mol. The van der Waals surface area contributed by atoms with Crippen molar-refractivity contribution in [2.24, 2.45) is 5.73 Å². The Kier molecular flexibility index (Phi) is 5.43. The van der Waals surface area contributed by atoms with Crippen LogP contribution in [0.4, 0.5) is 5.69 Å². The number of fused-ring (bicyclic) bond motifs is 1. The van der Waals surface area contributed by atoms with Crippen LogP contribution in [0.15, 0.2) is 66.7 Å². The van der Waals surface area contributed by atoms with Gasteiger partial charge in [0.05, 0.1) is 0 Å². The van der Waals surface area contributed by atoms with E-state index in [1.54, 1.807) is 0 Å². The van der Waals surface area contributed by atoms with Gasteiger partial charge in [-0.25, -0.2) is 0 Å². The standard InChI is InChI=1S/C25H27ClN2/c1-3-17-7-9-18(10-8-17)16-28(2)22-12-11-20-14-23(25(27)24(20)15-22)19-5-4-6-21(26)13-19/h4-13,15,23,25H,3,14,16,27H2,1-2H3. The van der Waals surface area contributed by atoms with Crippen molar-refractivity contribution < 1.29 is 0 Å². The molecule has 4 rings (SSSR count). The van der Waals surface area contributed by atoms with Crippen molar-refractivity contribution in [3.8, 4) is 0 Å². The van der Waals surface area contributed by atoms with Crippen molar-refractivity contribution in [1.82, 2.24) is 0 Å². The van der Waals surface area contributed by atoms with E-state index >= 15 is 0 Å². The summed E-state index contributed by atoms with van der Waals surface area (Å²) >= 11 is 6.20. The van der Waals surface area contributed by atoms with E-state index in [4.69, 9.17) is 17.3 Å². The largest absolute Gasteiger partial charge is 0.370 e. The van der Waals surface area contributed by atoms with Crippen LogP contribution in [-0.4, -0.2) is 7.05 Å². The molecule has 2 nitrogen and oxygen atoms in total. The summed E-state index contributed by atoms with van der Waals surface area (Å²) in [7, 11) is 2.14. The predicted molar refractivity (Wildman–Crippen MR) is 119 cm³/mol. The monoisotopic (exact) mass is 390 g/mol. The molecule has 0 heterocycles. The van der Waals surface area contributed by atoms with Gasteiger partial charge < -0.3 is 10.6 Å². The second kappa shape index (κ2) is 7.98. The van der Waals surface area contributed by atoms with E-state index < -0.39 is 0 Å². The second-order valence-electron chi connectivity index (χ2n) is 7.80. The fraction of sp³-hybridized carbons (Fsp3) is 0.280. The molecule has 0 fully saturated rings. The van der Waals surface area contributed by atoms with Crippen molar-refractivity contribution in [3.63, 3.8) is 0 Å². The molecule has 0 saturated heterocycles. The number of aryl methyl sites for hydroxylation is 1. The normalized spacial score (nSPS) is 18.1. The van der Waals surface area contributed by atoms with E-state index in [0.717, 1.165) is 24.4 Å². The van der Waals surface area contributed by atoms with Gasteiger partial charge in [-0.15, -0.1) is 0 Å². The van der Waals surface area contributed by atoms with Gasteiger partial charge in [0.1, 0.15) is 0 Å². The van der Waals surface area contributed by atoms with Gasteiger partial charge in [0, 0.05) is 36.3 Å². The zero-order valence-corrected chi connectivity index (χ0v) is 17.3. The molecule has 0 aromatic heterocycles. The number of nitrogens with two attached hydrogens (primary N) is 1. The maximum absolute atomic E-state index is 6.66. The van der Waals surface area contributed by atoms with Crippen molar-refractivity contribution in [2.75, 3.05) is 11.9 Å². The molecule has 3 aromatic carbocycles. The van der Waals surface area contributed by atoms with E-state index in [1.165, 1.54) is 33.5 Å². The molecule has 3 aromatic rings. The minimum atomic E-state index is 0.00524. The highest BCUT2D eigenvalue weighted by molar-refractivity contribution is 6.30. The third-order valence-electron chi connectivity index (χ3n) is 5.93. The molecule has 0 aliphatic heterocycles. The van der Waals surface area contributed by atoms with E-state index in [-0.39, 0.29) is 12.0 Å². The number of benzene rings is 3. The van der Waals surface area contributed by atoms with E-state index in [0.29, 0.717) is 0 Å². The van der Waals surface area contributed by atoms with Gasteiger partial charge in [-0.05, 0) is 64.9 Å². The van der Waals surface area contributed by atoms with E-state index in [9.17, 15) is 0 Å². The van der Waals surface area contributed by atoms with Gasteiger partial charge >= 0.3 is 0 Å². The van der Waals surface area contributed by atoms with Crippen molar-refractivity contribution in [3.05, 3.63) is 99.6 Å². The first-order valence-corrected chi connectivity index (χ1v) is 10.4. The van der Waals surface area contributed by atoms with Crippen molar-refractivity contribution in [1.29, 1.82) is 0 Å². The van der Waals surface area contributed by atoms with Crippen LogP contribution in [-0.2, 0) is 19.4 Å². The number of hydrogen-bond donors (Lipinski definition) is 1. The van der Waals surface area contributed by atoms with Crippen LogP contribution in [0.25, 0.3) is 0 Å². The Hall–Kier alpha value is -2.29. The summed E-state index contributed by atoms with van der Waals surface area (Å²) in [5, 5.41) is 0.773. The van der Waals surface area contributed by atoms with Crippen LogP contribution in [0.3, 0.4) is 0 Å². The van der Waals surface area contributed by atoms with Gasteiger partial charge in [0.25, 0.3) is 0 Å². The summed E-state index contributed by atoms with van der Waals surface area (Å²) in [5.74, 6) is 0.288. The number of rotatable bonds is 5. The van der Waals surface area contributed by atoms with Gasteiger partial charge in [-0.3, -0.25) is 0 Å². The molecule has 0 bridgehead atoms. The smallest absolute Gasteiger partial charge is 0.0426 e. The molecule has 1 aliphatic rings. The van der Waals surface area contributed by atoms with Crippen LogP contribution < -0.4 is 10.6 Å². The summed E-state index contributed by atoms with van der Waals surface area (Å²) < 4.78 is 0. The lowest BCUT2D eigenvalue weighted by Gasteiger charge is -2.21. The van der Waals surface area contributed by atoms with Crippen LogP contribution in [0, 0.1) is 0 Å². The first-order valence-electron chi connectivity index (χ1n) is 9.98. The molecule has 28 heavy (non-hydrogen) atoms. The fourth-order valence-corrected chi connectivity index (χ4v) is 4.40. The zero-order valence-electron chi connectivity index (χ0n) is 16.5. The van der Waals surface area contributed by atoms with E-state index in [2.05, 4.69) is 67.4 Å². The predicted octanol–water partition coefficient (Wildman–Crippen LogP) is 5.88. The molecule has 2 N–H and O–H groups in total. The molecule has 2 atom stereocenters. The van der Waals surface area contributed by atoms with Crippen LogP contribution in [0.1, 0.15) is 46.7 Å². The summed E-state index contributed by atoms with van der Waals surface area (Å²) in [6, 6.07) is 23.7. The Balaban J connectivity index is 1.53. The molecule has 2 unspecified atom stereocenters. The maximum atomic E-state index is 6.66. The Morgan fingerprint density at radius 2 is 1.75 bits per heavy atom. The molecule has 1 aliphatic carbocycles. The first kappa shape index (κ1) is 19.0. The lowest BCUT2D eigenvalue weighted by Crippen LogP contribution is -2.18. The fourth-order valence-electron chi connectivity index (χ4n) is 4.20. The average molecular weight is 391 g/mol. The highest BCUT2D eigenvalue weighted by Crippen LogP contribution is 2.42. The highest BCUT2D eigenvalue weighted by Gasteiger charge is 2.31. The molecule has 3 heteroatoms. The lowest BCUT2D eigenvalue weighted by molar-refractivity contribution is 0.602. The van der Waals surface area contributed by atoms with Gasteiger partial charge in [0.15, 0.2) is 0 Å². The number of halogens is 1. The van der Waals surface area contributed by atoms with Gasteiger partial charge in [0.2, 0.25) is 0 Å². The maximum Gasteiger partial charge on any atom is 0.0426 e. The van der Waals surface area contributed by atoms with Crippen molar-refractivity contribution >= 4 is 17.3 Å². The SMILES string of the molecule is CCc1ccc(CN(C)c2ccc3c(c2)C(N)C(c2cccc(Cl)c2)C3)cc1. The van der Waals surface area contributed by atoms with Gasteiger partial charge in [-0.2, -0.15) is 0 Å². The topological polar surface area (TPSA) is 29.3 Å². The third kappa shape index (κ3) is 3.80. The Labute approximate surface area is 172 Å². The Morgan fingerprint density at radius 3 is 2.46 bits per heavy atom. The number of nitrogens with zero attached hydrogens (tertiary/aromatic N) is 1. The zero-order chi connectivity index (χ0) is 19.7. The van der Waals surface area contributed by atoms with Gasteiger partial charge in [-0.1, -0.05) is 61.0 Å². The minimum Gasteiger partial charge on any atom is -0.370 e. The highest BCUT2D eigenvalue weighted by atomic mass is 35.5. The lowest BCUT2D eigenvalue weighted by atomic mass is 9.93. The molecular formula is C25H27ClN2. The van der Waals surface area contributed by atoms with Crippen LogP contribution in [0.5, 0.6) is 0 Å². The van der Waals surface area contributed by atoms with Crippen LogP contribution >= 0.6 is 11.6 Å². The van der Waals surface area contributed by atoms with E-state index in [1.807, 2.05) is 18.2 Å². The average Bonchev–Trinajstić information content (AvgIpc) is 3.04. The second-order valence-corrected chi connectivity index (χ2v) is 8.24. The summed E-state index contributed by atoms with van der Waals surface area (Å²) in [6.07, 6.45) is 2.05. The molecule has 0 saturated carbocycles. The summed E-state index contributed by atoms with van der Waals surface area (Å²) in [4.78, 5) is 2.29. The Bertz CT molecular complexity index is 965. The minimum absolute atomic E-state index is 0.00524. The Morgan fingerprint density at radius 1 is 1.00 bits per heavy atom. The number of anilines is 1. The summed E-state index contributed by atoms with van der Waals surface area (Å²) in [6.45, 7) is 3.07. The van der Waals surface area contributed by atoms with Crippen LogP contribution in [0.2, 0.25) is 5.02 Å². The molecule has 0 radical (unpaired) electrons. The third-order valence-corrected chi connectivity index (χ3v) is 6.17. The number of hydrogen-bond acceptors (Lipinski definition) is 2. The molecule has 0 amide bonds. The quantitative estimate of drug-likeness (QED) is 0.589. The summed E-state index contributed by atoms with van der Waals surface area (Å²) in [5.41, 5.74) is 14.4. The molecule has 144 valence electrons. The first-order chi connectivity index (χ1) is 13.5. The van der Waals surface area contributed by atoms with Crippen molar-refractivity contribution in [2.45, 2.75) is 38.3 Å². The molecule has 0 spiro atoms.